The molecule has 1 aromatic carbocycles. The van der Waals surface area contributed by atoms with Crippen LogP contribution in [0, 0.1) is 11.8 Å². The van der Waals surface area contributed by atoms with E-state index in [1.807, 2.05) is 49.4 Å². The molecule has 1 aliphatic carbocycles. The second kappa shape index (κ2) is 11.8. The number of allylic oxidation sites excluding steroid dienone is 2. The van der Waals surface area contributed by atoms with Crippen LogP contribution in [0.2, 0.25) is 0 Å². The first-order chi connectivity index (χ1) is 15.0. The number of nitrogens with one attached hydrogen (secondary N) is 1. The summed E-state index contributed by atoms with van der Waals surface area (Å²) < 4.78 is 5.80. The zero-order valence-corrected chi connectivity index (χ0v) is 18.4. The molecule has 1 aliphatic heterocycles. The number of carbonyl (C=O) groups excluding carboxylic acids is 1. The summed E-state index contributed by atoms with van der Waals surface area (Å²) in [6.07, 6.45) is 6.43. The van der Waals surface area contributed by atoms with E-state index in [-0.39, 0.29) is 30.0 Å². The molecule has 0 bridgehead atoms. The van der Waals surface area contributed by atoms with E-state index in [0.29, 0.717) is 32.2 Å². The molecule has 2 fully saturated rings. The third-order valence-electron chi connectivity index (χ3n) is 6.53. The average Bonchev–Trinajstić information content (AvgIpc) is 3.49. The van der Waals surface area contributed by atoms with Crippen LogP contribution >= 0.6 is 0 Å². The summed E-state index contributed by atoms with van der Waals surface area (Å²) in [4.78, 5) is 11.5. The predicted molar refractivity (Wildman–Crippen MR) is 119 cm³/mol. The van der Waals surface area contributed by atoms with Gasteiger partial charge in [0.25, 0.3) is 0 Å². The summed E-state index contributed by atoms with van der Waals surface area (Å²) in [5, 5.41) is 34.3. The molecule has 7 atom stereocenters. The van der Waals surface area contributed by atoms with Crippen molar-refractivity contribution in [2.24, 2.45) is 11.8 Å². The molecular formula is C25H37NO5. The first kappa shape index (κ1) is 23.9. The molecule has 31 heavy (non-hydrogen) atoms. The summed E-state index contributed by atoms with van der Waals surface area (Å²) in [6, 6.07) is 10.1. The van der Waals surface area contributed by atoms with Crippen molar-refractivity contribution in [1.29, 1.82) is 0 Å². The third-order valence-corrected chi connectivity index (χ3v) is 6.53. The van der Waals surface area contributed by atoms with Gasteiger partial charge in [0.1, 0.15) is 6.10 Å². The lowest BCUT2D eigenvalue weighted by atomic mass is 9.85. The average molecular weight is 432 g/mol. The van der Waals surface area contributed by atoms with Gasteiger partial charge < -0.3 is 25.4 Å². The van der Waals surface area contributed by atoms with Gasteiger partial charge >= 0.3 is 0 Å². The maximum absolute atomic E-state index is 11.5. The van der Waals surface area contributed by atoms with Crippen LogP contribution in [-0.2, 0) is 16.0 Å². The van der Waals surface area contributed by atoms with Crippen molar-refractivity contribution in [3.63, 3.8) is 0 Å². The number of rotatable bonds is 12. The Morgan fingerprint density at radius 3 is 2.74 bits per heavy atom. The number of ether oxygens (including phenoxy) is 1. The van der Waals surface area contributed by atoms with Gasteiger partial charge in [0.2, 0.25) is 5.91 Å². The minimum atomic E-state index is -0.609. The number of hydrogen-bond acceptors (Lipinski definition) is 5. The first-order valence-corrected chi connectivity index (χ1v) is 11.7. The molecule has 172 valence electrons. The van der Waals surface area contributed by atoms with Gasteiger partial charge in [-0.2, -0.15) is 0 Å². The molecule has 3 rings (SSSR count). The zero-order chi connectivity index (χ0) is 22.2. The number of aryl methyl sites for hydroxylation is 1. The Bertz CT molecular complexity index is 709. The van der Waals surface area contributed by atoms with Gasteiger partial charge in [0, 0.05) is 18.9 Å². The van der Waals surface area contributed by atoms with Crippen molar-refractivity contribution in [1.82, 2.24) is 5.32 Å². The predicted octanol–water partition coefficient (Wildman–Crippen LogP) is 2.36. The minimum Gasteiger partial charge on any atom is -0.393 e. The van der Waals surface area contributed by atoms with E-state index >= 15 is 0 Å². The molecule has 1 saturated heterocycles. The van der Waals surface area contributed by atoms with Gasteiger partial charge in [-0.05, 0) is 56.9 Å². The van der Waals surface area contributed by atoms with Crippen LogP contribution in [0.4, 0.5) is 0 Å². The van der Waals surface area contributed by atoms with E-state index in [2.05, 4.69) is 5.32 Å². The molecule has 1 amide bonds. The van der Waals surface area contributed by atoms with Crippen LogP contribution in [-0.4, -0.2) is 58.3 Å². The van der Waals surface area contributed by atoms with Crippen molar-refractivity contribution in [3.05, 3.63) is 48.0 Å². The summed E-state index contributed by atoms with van der Waals surface area (Å²) in [6.45, 7) is 2.56. The number of carbonyl (C=O) groups is 1. The number of unbranched alkanes of at least 4 members (excludes halogenated alkanes) is 1. The molecule has 0 spiro atoms. The smallest absolute Gasteiger partial charge is 0.219 e. The van der Waals surface area contributed by atoms with Crippen LogP contribution < -0.4 is 5.32 Å². The van der Waals surface area contributed by atoms with E-state index < -0.39 is 18.3 Å². The summed E-state index contributed by atoms with van der Waals surface area (Å²) in [5.41, 5.74) is 1.19. The van der Waals surface area contributed by atoms with Crippen LogP contribution in [0.25, 0.3) is 0 Å². The fourth-order valence-electron chi connectivity index (χ4n) is 4.81. The zero-order valence-electron chi connectivity index (χ0n) is 18.4. The largest absolute Gasteiger partial charge is 0.393 e. The van der Waals surface area contributed by atoms with E-state index in [9.17, 15) is 20.1 Å². The topological polar surface area (TPSA) is 102 Å². The van der Waals surface area contributed by atoms with Crippen molar-refractivity contribution < 1.29 is 24.9 Å². The van der Waals surface area contributed by atoms with Crippen LogP contribution in [0.1, 0.15) is 51.0 Å². The van der Waals surface area contributed by atoms with Gasteiger partial charge in [-0.1, -0.05) is 42.5 Å². The molecule has 6 nitrogen and oxygen atoms in total. The maximum Gasteiger partial charge on any atom is 0.219 e. The molecule has 6 heteroatoms. The summed E-state index contributed by atoms with van der Waals surface area (Å²) in [7, 11) is 0. The van der Waals surface area contributed by atoms with Crippen molar-refractivity contribution in [3.8, 4) is 0 Å². The van der Waals surface area contributed by atoms with Gasteiger partial charge in [0.05, 0.1) is 24.4 Å². The van der Waals surface area contributed by atoms with E-state index in [0.717, 1.165) is 19.3 Å². The lowest BCUT2D eigenvalue weighted by Gasteiger charge is -2.21. The van der Waals surface area contributed by atoms with Crippen molar-refractivity contribution in [2.45, 2.75) is 82.4 Å². The van der Waals surface area contributed by atoms with E-state index in [4.69, 9.17) is 4.74 Å². The molecular weight excluding hydrogens is 394 g/mol. The third kappa shape index (κ3) is 6.88. The highest BCUT2D eigenvalue weighted by molar-refractivity contribution is 5.75. The molecule has 0 aromatic heterocycles. The first-order valence-electron chi connectivity index (χ1n) is 11.7. The normalized spacial score (nSPS) is 31.1. The highest BCUT2D eigenvalue weighted by atomic mass is 16.6. The molecule has 2 aliphatic rings. The van der Waals surface area contributed by atoms with Gasteiger partial charge in [0.15, 0.2) is 0 Å². The number of aliphatic hydroxyl groups is 3. The quantitative estimate of drug-likeness (QED) is 0.231. The Hall–Kier alpha value is -1.73. The monoisotopic (exact) mass is 431 g/mol. The van der Waals surface area contributed by atoms with Gasteiger partial charge in [-0.25, -0.2) is 0 Å². The number of hydrogen-bond donors (Lipinski definition) is 4. The van der Waals surface area contributed by atoms with E-state index in [1.165, 1.54) is 5.56 Å². The Balaban J connectivity index is 1.44. The second-order valence-corrected chi connectivity index (χ2v) is 8.82. The maximum atomic E-state index is 11.5. The van der Waals surface area contributed by atoms with Gasteiger partial charge in [-0.3, -0.25) is 4.79 Å². The van der Waals surface area contributed by atoms with E-state index in [1.54, 1.807) is 0 Å². The minimum absolute atomic E-state index is 0.0769. The highest BCUT2D eigenvalue weighted by Crippen LogP contribution is 2.46. The summed E-state index contributed by atoms with van der Waals surface area (Å²) in [5.74, 6) is -0.162. The molecule has 1 unspecified atom stereocenters. The molecule has 0 radical (unpaired) electrons. The SMILES string of the molecule is CCNC(=O)CCC/C=C\C[C@@H]1[C@@H]([C@H]2OC2[C@@H](O)CCc2ccccc2)[C@H](O)C[C@@H]1O. The Morgan fingerprint density at radius 1 is 1.23 bits per heavy atom. The Kier molecular flexibility index (Phi) is 9.08. The number of benzene rings is 1. The van der Waals surface area contributed by atoms with Gasteiger partial charge in [-0.15, -0.1) is 0 Å². The lowest BCUT2D eigenvalue weighted by molar-refractivity contribution is -0.121. The molecule has 1 heterocycles. The second-order valence-electron chi connectivity index (χ2n) is 8.82. The molecule has 1 aromatic rings. The summed E-state index contributed by atoms with van der Waals surface area (Å²) >= 11 is 0. The molecule has 1 saturated carbocycles. The Labute approximate surface area is 185 Å². The highest BCUT2D eigenvalue weighted by Gasteiger charge is 2.57. The number of amides is 1. The lowest BCUT2D eigenvalue weighted by Crippen LogP contribution is -2.30. The standard InChI is InChI=1S/C25H37NO5/c1-2-26-22(30)13-9-4-3-8-12-18-20(28)16-21(29)23(18)25-24(31-25)19(27)15-14-17-10-6-5-7-11-17/h3,5-8,10-11,18-21,23-25,27-29H,2,4,9,12-16H2,1H3,(H,26,30)/b8-3-/t18-,19-,20-,21+,23+,24?,25+/m0/s1. The number of epoxide rings is 1. The van der Waals surface area contributed by atoms with Crippen molar-refractivity contribution >= 4 is 5.91 Å². The molecule has 4 N–H and O–H groups in total. The fourth-order valence-corrected chi connectivity index (χ4v) is 4.81. The van der Waals surface area contributed by atoms with Crippen LogP contribution in [0.5, 0.6) is 0 Å². The fraction of sp³-hybridized carbons (Fsp3) is 0.640. The number of aliphatic hydroxyl groups excluding tert-OH is 3. The van der Waals surface area contributed by atoms with Crippen molar-refractivity contribution in [2.75, 3.05) is 6.54 Å². The Morgan fingerprint density at radius 2 is 2.00 bits per heavy atom. The van der Waals surface area contributed by atoms with Crippen LogP contribution in [0.3, 0.4) is 0 Å². The van der Waals surface area contributed by atoms with Crippen LogP contribution in [0.15, 0.2) is 42.5 Å².